The van der Waals surface area contributed by atoms with Gasteiger partial charge in [0.15, 0.2) is 5.78 Å². The Bertz CT molecular complexity index is 973. The van der Waals surface area contributed by atoms with Crippen molar-refractivity contribution in [1.82, 2.24) is 4.90 Å². The topological polar surface area (TPSA) is 72.9 Å². The van der Waals surface area contributed by atoms with Gasteiger partial charge in [0.2, 0.25) is 5.91 Å². The molecule has 1 saturated heterocycles. The first-order valence-corrected chi connectivity index (χ1v) is 12.0. The van der Waals surface area contributed by atoms with Crippen molar-refractivity contribution >= 4 is 45.2 Å². The van der Waals surface area contributed by atoms with Crippen LogP contribution in [-0.2, 0) is 19.1 Å². The van der Waals surface area contributed by atoms with Crippen LogP contribution in [0.3, 0.4) is 0 Å². The molecular formula is C25H27BrClNO5. The van der Waals surface area contributed by atoms with Crippen molar-refractivity contribution in [3.05, 3.63) is 69.2 Å². The number of morpholine rings is 1. The Morgan fingerprint density at radius 2 is 1.67 bits per heavy atom. The Morgan fingerprint density at radius 3 is 2.21 bits per heavy atom. The Morgan fingerprint density at radius 1 is 1.06 bits per heavy atom. The first kappa shape index (κ1) is 25.4. The Hall–Kier alpha value is -2.22. The third kappa shape index (κ3) is 6.02. The van der Waals surface area contributed by atoms with Crippen LogP contribution < -0.4 is 0 Å². The third-order valence-electron chi connectivity index (χ3n) is 6.00. The summed E-state index contributed by atoms with van der Waals surface area (Å²) in [6.07, 6.45) is 0.437. The quantitative estimate of drug-likeness (QED) is 0.277. The fourth-order valence-corrected chi connectivity index (χ4v) is 4.67. The molecule has 0 bridgehead atoms. The summed E-state index contributed by atoms with van der Waals surface area (Å²) >= 11 is 9.44. The van der Waals surface area contributed by atoms with Gasteiger partial charge in [-0.25, -0.2) is 0 Å². The predicted octanol–water partition coefficient (Wildman–Crippen LogP) is 4.74. The van der Waals surface area contributed by atoms with Crippen molar-refractivity contribution in [2.45, 2.75) is 19.3 Å². The van der Waals surface area contributed by atoms with E-state index in [2.05, 4.69) is 15.9 Å². The number of nitrogens with zero attached hydrogens (tertiary/aromatic N) is 1. The number of rotatable bonds is 8. The number of ether oxygens (including phenoxy) is 2. The van der Waals surface area contributed by atoms with Crippen molar-refractivity contribution in [3.63, 3.8) is 0 Å². The lowest BCUT2D eigenvalue weighted by molar-refractivity contribution is -0.157. The number of carbonyl (C=O) groups excluding carboxylic acids is 3. The Balaban J connectivity index is 2.09. The molecule has 2 aromatic carbocycles. The molecule has 0 aliphatic carbocycles. The summed E-state index contributed by atoms with van der Waals surface area (Å²) in [6, 6.07) is 14.0. The molecule has 1 heterocycles. The van der Waals surface area contributed by atoms with E-state index in [1.807, 2.05) is 31.2 Å². The average Bonchev–Trinajstić information content (AvgIpc) is 2.84. The normalized spacial score (nSPS) is 16.5. The third-order valence-corrected chi connectivity index (χ3v) is 6.78. The molecule has 0 radical (unpaired) electrons. The van der Waals surface area contributed by atoms with Crippen molar-refractivity contribution in [3.8, 4) is 0 Å². The van der Waals surface area contributed by atoms with Gasteiger partial charge in [0.1, 0.15) is 5.92 Å². The molecule has 1 fully saturated rings. The van der Waals surface area contributed by atoms with Crippen LogP contribution in [0.1, 0.15) is 35.2 Å². The van der Waals surface area contributed by atoms with Crippen molar-refractivity contribution < 1.29 is 23.9 Å². The molecule has 3 rings (SSSR count). The highest BCUT2D eigenvalue weighted by Crippen LogP contribution is 2.39. The van der Waals surface area contributed by atoms with Crippen LogP contribution in [0.5, 0.6) is 0 Å². The lowest BCUT2D eigenvalue weighted by Crippen LogP contribution is -2.49. The summed E-state index contributed by atoms with van der Waals surface area (Å²) in [5.41, 5.74) is 1.21. The Kier molecular flexibility index (Phi) is 9.06. The fourth-order valence-electron chi connectivity index (χ4n) is 4.28. The van der Waals surface area contributed by atoms with Gasteiger partial charge in [0, 0.05) is 40.0 Å². The first-order valence-electron chi connectivity index (χ1n) is 10.9. The summed E-state index contributed by atoms with van der Waals surface area (Å²) in [5, 5.41) is 0.527. The maximum absolute atomic E-state index is 13.6. The molecule has 1 amide bonds. The summed E-state index contributed by atoms with van der Waals surface area (Å²) in [4.78, 5) is 42.0. The van der Waals surface area contributed by atoms with E-state index in [1.54, 1.807) is 29.2 Å². The summed E-state index contributed by atoms with van der Waals surface area (Å²) in [5.74, 6) is -3.63. The molecule has 0 saturated carbocycles. The highest BCUT2D eigenvalue weighted by atomic mass is 79.9. The molecular weight excluding hydrogens is 510 g/mol. The monoisotopic (exact) mass is 535 g/mol. The molecule has 3 atom stereocenters. The molecule has 2 aromatic rings. The Labute approximate surface area is 207 Å². The molecule has 0 aromatic heterocycles. The van der Waals surface area contributed by atoms with Gasteiger partial charge in [-0.3, -0.25) is 14.4 Å². The van der Waals surface area contributed by atoms with Gasteiger partial charge >= 0.3 is 5.97 Å². The molecule has 0 spiro atoms. The van der Waals surface area contributed by atoms with Crippen LogP contribution in [0.25, 0.3) is 0 Å². The second-order valence-electron chi connectivity index (χ2n) is 7.90. The molecule has 0 unspecified atom stereocenters. The molecule has 6 nitrogen and oxygen atoms in total. The highest BCUT2D eigenvalue weighted by molar-refractivity contribution is 9.10. The first-order chi connectivity index (χ1) is 15.9. The maximum Gasteiger partial charge on any atom is 0.318 e. The second-order valence-corrected chi connectivity index (χ2v) is 9.25. The zero-order chi connectivity index (χ0) is 24.0. The van der Waals surface area contributed by atoms with E-state index in [4.69, 9.17) is 21.1 Å². The van der Waals surface area contributed by atoms with E-state index in [0.29, 0.717) is 43.3 Å². The van der Waals surface area contributed by atoms with Crippen LogP contribution >= 0.6 is 27.5 Å². The molecule has 33 heavy (non-hydrogen) atoms. The number of Topliss-reactive ketones (excluding diaryl/α,β-unsaturated/α-hetero) is 1. The number of carbonyl (C=O) groups is 3. The standard InChI is InChI=1S/C25H27BrClNO5/c1-3-20(23(29)17-6-10-19(27)11-7-17)21(16-4-8-18(26)9-5-16)22(25(31)32-2)24(30)28-12-14-33-15-13-28/h4-11,20-22H,3,12-15H2,1-2H3/t20-,21+,22-/m0/s1. The van der Waals surface area contributed by atoms with Crippen LogP contribution in [0.4, 0.5) is 0 Å². The SMILES string of the molecule is CC[C@H](C(=O)c1ccc(Cl)cc1)[C@@H](c1ccc(Br)cc1)[C@H](C(=O)OC)C(=O)N1CCOCC1. The minimum atomic E-state index is -1.16. The highest BCUT2D eigenvalue weighted by Gasteiger charge is 2.45. The van der Waals surface area contributed by atoms with Gasteiger partial charge in [0.05, 0.1) is 20.3 Å². The zero-order valence-electron chi connectivity index (χ0n) is 18.6. The zero-order valence-corrected chi connectivity index (χ0v) is 21.0. The lowest BCUT2D eigenvalue weighted by atomic mass is 9.72. The minimum absolute atomic E-state index is 0.147. The van der Waals surface area contributed by atoms with Gasteiger partial charge in [-0.15, -0.1) is 0 Å². The fraction of sp³-hybridized carbons (Fsp3) is 0.400. The molecule has 1 aliphatic rings. The summed E-state index contributed by atoms with van der Waals surface area (Å²) in [6.45, 7) is 3.48. The van der Waals surface area contributed by atoms with Crippen molar-refractivity contribution in [2.75, 3.05) is 33.4 Å². The number of esters is 1. The minimum Gasteiger partial charge on any atom is -0.468 e. The predicted molar refractivity (Wildman–Crippen MR) is 129 cm³/mol. The smallest absolute Gasteiger partial charge is 0.318 e. The number of amides is 1. The van der Waals surface area contributed by atoms with E-state index in [0.717, 1.165) is 10.0 Å². The van der Waals surface area contributed by atoms with E-state index in [-0.39, 0.29) is 11.7 Å². The van der Waals surface area contributed by atoms with E-state index in [9.17, 15) is 14.4 Å². The van der Waals surface area contributed by atoms with Crippen LogP contribution in [0.15, 0.2) is 53.0 Å². The molecule has 8 heteroatoms. The van der Waals surface area contributed by atoms with Crippen molar-refractivity contribution in [1.29, 1.82) is 0 Å². The van der Waals surface area contributed by atoms with Crippen LogP contribution in [0, 0.1) is 11.8 Å². The average molecular weight is 537 g/mol. The number of halogens is 2. The van der Waals surface area contributed by atoms with Crippen molar-refractivity contribution in [2.24, 2.45) is 11.8 Å². The van der Waals surface area contributed by atoms with E-state index in [1.165, 1.54) is 7.11 Å². The van der Waals surface area contributed by atoms with Gasteiger partial charge < -0.3 is 14.4 Å². The summed E-state index contributed by atoms with van der Waals surface area (Å²) in [7, 11) is 1.27. The molecule has 176 valence electrons. The van der Waals surface area contributed by atoms with Crippen LogP contribution in [-0.4, -0.2) is 56.0 Å². The molecule has 1 aliphatic heterocycles. The molecule has 0 N–H and O–H groups in total. The van der Waals surface area contributed by atoms with E-state index < -0.39 is 23.7 Å². The number of methoxy groups -OCH3 is 1. The lowest BCUT2D eigenvalue weighted by Gasteiger charge is -2.35. The van der Waals surface area contributed by atoms with Gasteiger partial charge in [0.25, 0.3) is 0 Å². The van der Waals surface area contributed by atoms with Gasteiger partial charge in [-0.1, -0.05) is 46.6 Å². The number of hydrogen-bond donors (Lipinski definition) is 0. The summed E-state index contributed by atoms with van der Waals surface area (Å²) < 4.78 is 11.3. The van der Waals surface area contributed by atoms with Gasteiger partial charge in [-0.05, 0) is 48.4 Å². The van der Waals surface area contributed by atoms with Gasteiger partial charge in [-0.2, -0.15) is 0 Å². The van der Waals surface area contributed by atoms with Crippen LogP contribution in [0.2, 0.25) is 5.02 Å². The number of hydrogen-bond acceptors (Lipinski definition) is 5. The second kappa shape index (κ2) is 11.8. The maximum atomic E-state index is 13.6. The van der Waals surface area contributed by atoms with E-state index >= 15 is 0 Å². The largest absolute Gasteiger partial charge is 0.468 e. The number of ketones is 1. The number of benzene rings is 2.